The molecule has 0 aromatic heterocycles. The van der Waals surface area contributed by atoms with Gasteiger partial charge in [-0.3, -0.25) is 0 Å². The molecule has 0 amide bonds. The van der Waals surface area contributed by atoms with E-state index in [9.17, 15) is 4.39 Å². The molecule has 0 radical (unpaired) electrons. The molecule has 0 spiro atoms. The Bertz CT molecular complexity index is 377. The van der Waals surface area contributed by atoms with Crippen molar-refractivity contribution in [2.24, 2.45) is 5.73 Å². The molecule has 3 heteroatoms. The molecule has 0 saturated carbocycles. The van der Waals surface area contributed by atoms with E-state index in [0.29, 0.717) is 0 Å². The van der Waals surface area contributed by atoms with E-state index in [0.717, 1.165) is 24.6 Å². The predicted molar refractivity (Wildman–Crippen MR) is 77.4 cm³/mol. The molecule has 2 N–H and O–H groups in total. The lowest BCUT2D eigenvalue weighted by Gasteiger charge is -2.35. The van der Waals surface area contributed by atoms with E-state index in [4.69, 9.17) is 5.73 Å². The van der Waals surface area contributed by atoms with Gasteiger partial charge in [-0.1, -0.05) is 25.5 Å². The summed E-state index contributed by atoms with van der Waals surface area (Å²) in [6.45, 7) is 4.52. The molecule has 2 unspecified atom stereocenters. The van der Waals surface area contributed by atoms with Crippen LogP contribution < -0.4 is 5.73 Å². The maximum atomic E-state index is 12.9. The molecule has 1 aliphatic rings. The van der Waals surface area contributed by atoms with Crippen LogP contribution in [-0.4, -0.2) is 24.0 Å². The minimum absolute atomic E-state index is 0.0139. The number of nitrogens with two attached hydrogens (primary N) is 1. The molecule has 2 nitrogen and oxygen atoms in total. The standard InChI is InChI=1S/C16H25FN2/c1-2-15-5-3-4-11-19(15)12-10-16(18)13-6-8-14(17)9-7-13/h6-9,15-16H,2-5,10-12,18H2,1H3. The van der Waals surface area contributed by atoms with E-state index in [1.54, 1.807) is 12.1 Å². The molecule has 1 aromatic carbocycles. The molecule has 1 fully saturated rings. The van der Waals surface area contributed by atoms with Crippen LogP contribution in [0, 0.1) is 5.82 Å². The van der Waals surface area contributed by atoms with Crippen LogP contribution in [-0.2, 0) is 0 Å². The smallest absolute Gasteiger partial charge is 0.123 e. The fraction of sp³-hybridized carbons (Fsp3) is 0.625. The number of likely N-dealkylation sites (tertiary alicyclic amines) is 1. The fourth-order valence-corrected chi connectivity index (χ4v) is 3.00. The molecule has 19 heavy (non-hydrogen) atoms. The summed E-state index contributed by atoms with van der Waals surface area (Å²) in [5.74, 6) is -0.196. The Morgan fingerprint density at radius 3 is 2.74 bits per heavy atom. The van der Waals surface area contributed by atoms with Gasteiger partial charge < -0.3 is 10.6 Å². The van der Waals surface area contributed by atoms with E-state index in [-0.39, 0.29) is 11.9 Å². The average Bonchev–Trinajstić information content (AvgIpc) is 2.45. The first-order chi connectivity index (χ1) is 9.20. The van der Waals surface area contributed by atoms with Crippen molar-refractivity contribution in [2.45, 2.75) is 51.1 Å². The van der Waals surface area contributed by atoms with E-state index < -0.39 is 0 Å². The number of hydrogen-bond acceptors (Lipinski definition) is 2. The normalized spacial score (nSPS) is 22.4. The molecule has 106 valence electrons. The van der Waals surface area contributed by atoms with Gasteiger partial charge in [0.1, 0.15) is 5.82 Å². The number of halogens is 1. The van der Waals surface area contributed by atoms with Crippen LogP contribution in [0.4, 0.5) is 4.39 Å². The van der Waals surface area contributed by atoms with Crippen molar-refractivity contribution in [1.29, 1.82) is 0 Å². The second-order valence-electron chi connectivity index (χ2n) is 5.54. The van der Waals surface area contributed by atoms with Crippen molar-refractivity contribution in [2.75, 3.05) is 13.1 Å². The predicted octanol–water partition coefficient (Wildman–Crippen LogP) is 3.48. The van der Waals surface area contributed by atoms with Gasteiger partial charge >= 0.3 is 0 Å². The molecule has 0 aliphatic carbocycles. The van der Waals surface area contributed by atoms with Crippen LogP contribution in [0.25, 0.3) is 0 Å². The third-order valence-corrected chi connectivity index (χ3v) is 4.25. The van der Waals surface area contributed by atoms with Crippen LogP contribution in [0.2, 0.25) is 0 Å². The van der Waals surface area contributed by atoms with Gasteiger partial charge in [-0.25, -0.2) is 4.39 Å². The Balaban J connectivity index is 1.85. The quantitative estimate of drug-likeness (QED) is 0.882. The number of benzene rings is 1. The van der Waals surface area contributed by atoms with Crippen molar-refractivity contribution in [1.82, 2.24) is 4.90 Å². The Labute approximate surface area is 115 Å². The Kier molecular flexibility index (Phi) is 5.34. The molecule has 2 atom stereocenters. The lowest BCUT2D eigenvalue weighted by molar-refractivity contribution is 0.139. The van der Waals surface area contributed by atoms with Gasteiger partial charge in [-0.05, 0) is 49.9 Å². The molecule has 1 aliphatic heterocycles. The topological polar surface area (TPSA) is 29.3 Å². The van der Waals surface area contributed by atoms with Crippen molar-refractivity contribution in [3.63, 3.8) is 0 Å². The summed E-state index contributed by atoms with van der Waals surface area (Å²) in [4.78, 5) is 2.58. The lowest BCUT2D eigenvalue weighted by atomic mass is 9.98. The molecule has 1 saturated heterocycles. The van der Waals surface area contributed by atoms with Crippen molar-refractivity contribution < 1.29 is 4.39 Å². The first-order valence-corrected chi connectivity index (χ1v) is 7.45. The van der Waals surface area contributed by atoms with Gasteiger partial charge in [-0.2, -0.15) is 0 Å². The highest BCUT2D eigenvalue weighted by Gasteiger charge is 2.21. The Morgan fingerprint density at radius 2 is 2.05 bits per heavy atom. The number of piperidine rings is 1. The maximum absolute atomic E-state index is 12.9. The SMILES string of the molecule is CCC1CCCCN1CCC(N)c1ccc(F)cc1. The van der Waals surface area contributed by atoms with Gasteiger partial charge in [0.25, 0.3) is 0 Å². The van der Waals surface area contributed by atoms with E-state index >= 15 is 0 Å². The minimum atomic E-state index is -0.196. The van der Waals surface area contributed by atoms with Crippen LogP contribution in [0.5, 0.6) is 0 Å². The summed E-state index contributed by atoms with van der Waals surface area (Å²) < 4.78 is 12.9. The number of hydrogen-bond donors (Lipinski definition) is 1. The highest BCUT2D eigenvalue weighted by Crippen LogP contribution is 2.22. The third-order valence-electron chi connectivity index (χ3n) is 4.25. The summed E-state index contributed by atoms with van der Waals surface area (Å²) in [6.07, 6.45) is 6.16. The fourth-order valence-electron chi connectivity index (χ4n) is 3.00. The van der Waals surface area contributed by atoms with Crippen LogP contribution >= 0.6 is 0 Å². The van der Waals surface area contributed by atoms with E-state index in [1.807, 2.05) is 0 Å². The average molecular weight is 264 g/mol. The zero-order valence-corrected chi connectivity index (χ0v) is 11.8. The molecule has 1 heterocycles. The van der Waals surface area contributed by atoms with Gasteiger partial charge in [0.2, 0.25) is 0 Å². The second kappa shape index (κ2) is 7.01. The largest absolute Gasteiger partial charge is 0.324 e. The summed E-state index contributed by atoms with van der Waals surface area (Å²) in [7, 11) is 0. The van der Waals surface area contributed by atoms with Crippen LogP contribution in [0.15, 0.2) is 24.3 Å². The van der Waals surface area contributed by atoms with Crippen molar-refractivity contribution in [3.8, 4) is 0 Å². The number of rotatable bonds is 5. The van der Waals surface area contributed by atoms with E-state index in [2.05, 4.69) is 11.8 Å². The van der Waals surface area contributed by atoms with Gasteiger partial charge in [0.05, 0.1) is 0 Å². The summed E-state index contributed by atoms with van der Waals surface area (Å²) >= 11 is 0. The van der Waals surface area contributed by atoms with Gasteiger partial charge in [0, 0.05) is 18.6 Å². The monoisotopic (exact) mass is 264 g/mol. The first-order valence-electron chi connectivity index (χ1n) is 7.45. The van der Waals surface area contributed by atoms with Gasteiger partial charge in [0.15, 0.2) is 0 Å². The molecular weight excluding hydrogens is 239 g/mol. The Hall–Kier alpha value is -0.930. The zero-order chi connectivity index (χ0) is 13.7. The summed E-state index contributed by atoms with van der Waals surface area (Å²) in [6, 6.07) is 7.32. The third kappa shape index (κ3) is 4.02. The van der Waals surface area contributed by atoms with Crippen LogP contribution in [0.1, 0.15) is 50.6 Å². The molecule has 0 bridgehead atoms. The van der Waals surface area contributed by atoms with Crippen molar-refractivity contribution >= 4 is 0 Å². The molecular formula is C16H25FN2. The minimum Gasteiger partial charge on any atom is -0.324 e. The first kappa shape index (κ1) is 14.5. The highest BCUT2D eigenvalue weighted by atomic mass is 19.1. The molecule has 2 rings (SSSR count). The van der Waals surface area contributed by atoms with Crippen molar-refractivity contribution in [3.05, 3.63) is 35.6 Å². The van der Waals surface area contributed by atoms with E-state index in [1.165, 1.54) is 44.4 Å². The zero-order valence-electron chi connectivity index (χ0n) is 11.8. The summed E-state index contributed by atoms with van der Waals surface area (Å²) in [5.41, 5.74) is 7.23. The lowest BCUT2D eigenvalue weighted by Crippen LogP contribution is -2.40. The second-order valence-corrected chi connectivity index (χ2v) is 5.54. The molecule has 1 aromatic rings. The Morgan fingerprint density at radius 1 is 1.32 bits per heavy atom. The van der Waals surface area contributed by atoms with Gasteiger partial charge in [-0.15, -0.1) is 0 Å². The summed E-state index contributed by atoms with van der Waals surface area (Å²) in [5, 5.41) is 0. The number of nitrogens with zero attached hydrogens (tertiary/aromatic N) is 1. The highest BCUT2D eigenvalue weighted by molar-refractivity contribution is 5.19. The maximum Gasteiger partial charge on any atom is 0.123 e. The van der Waals surface area contributed by atoms with Crippen LogP contribution in [0.3, 0.4) is 0 Å².